The molecule has 4 aromatic rings. The van der Waals surface area contributed by atoms with Crippen molar-refractivity contribution in [1.82, 2.24) is 9.88 Å². The Kier molecular flexibility index (Phi) is 7.71. The molecule has 0 N–H and O–H groups in total. The van der Waals surface area contributed by atoms with Gasteiger partial charge in [0.1, 0.15) is 11.5 Å². The summed E-state index contributed by atoms with van der Waals surface area (Å²) in [6.45, 7) is 7.65. The van der Waals surface area contributed by atoms with Gasteiger partial charge < -0.3 is 14.1 Å². The van der Waals surface area contributed by atoms with Crippen molar-refractivity contribution >= 4 is 17.2 Å². The van der Waals surface area contributed by atoms with Gasteiger partial charge in [0.25, 0.3) is 5.91 Å². The number of hydrogen-bond donors (Lipinski definition) is 0. The van der Waals surface area contributed by atoms with E-state index in [1.807, 2.05) is 35.7 Å². The fraction of sp³-hybridized carbons (Fsp3) is 0.310. The second-order valence-electron chi connectivity index (χ2n) is 9.36. The minimum Gasteiger partial charge on any atom is -0.496 e. The topological polar surface area (TPSA) is 55.6 Å². The summed E-state index contributed by atoms with van der Waals surface area (Å²) >= 11 is 1.62. The normalized spacial score (nSPS) is 11.4. The molecule has 0 bridgehead atoms. The summed E-state index contributed by atoms with van der Waals surface area (Å²) in [5, 5.41) is 4.09. The van der Waals surface area contributed by atoms with Crippen LogP contribution in [0.25, 0.3) is 0 Å². The molecule has 3 aromatic heterocycles. The highest BCUT2D eigenvalue weighted by Gasteiger charge is 2.22. The van der Waals surface area contributed by atoms with Gasteiger partial charge in [0, 0.05) is 37.5 Å². The Balaban J connectivity index is 1.56. The first-order valence-electron chi connectivity index (χ1n) is 11.8. The average molecular weight is 489 g/mol. The first kappa shape index (κ1) is 24.7. The standard InChI is InChI=1S/C29H32N2O3S/c1-5-29(2,3)24-8-10-26(33-4)23(15-24)16-25-9-11-27(34-25)28(32)31(19-22-12-14-35-20-22)18-21-7-6-13-30-17-21/h6-15,17,20H,5,16,18-19H2,1-4H3. The number of furan rings is 1. The summed E-state index contributed by atoms with van der Waals surface area (Å²) < 4.78 is 11.7. The molecule has 4 rings (SSSR count). The van der Waals surface area contributed by atoms with Gasteiger partial charge in [-0.15, -0.1) is 0 Å². The zero-order chi connectivity index (χ0) is 24.8. The van der Waals surface area contributed by atoms with Crippen molar-refractivity contribution < 1.29 is 13.9 Å². The summed E-state index contributed by atoms with van der Waals surface area (Å²) in [4.78, 5) is 19.5. The van der Waals surface area contributed by atoms with E-state index in [9.17, 15) is 4.79 Å². The van der Waals surface area contributed by atoms with Gasteiger partial charge in [-0.1, -0.05) is 39.0 Å². The smallest absolute Gasteiger partial charge is 0.290 e. The van der Waals surface area contributed by atoms with Crippen molar-refractivity contribution in [2.75, 3.05) is 7.11 Å². The van der Waals surface area contributed by atoms with Crippen LogP contribution >= 0.6 is 11.3 Å². The third kappa shape index (κ3) is 6.01. The molecule has 6 heteroatoms. The number of amides is 1. The summed E-state index contributed by atoms with van der Waals surface area (Å²) in [7, 11) is 1.68. The van der Waals surface area contributed by atoms with Crippen LogP contribution in [-0.2, 0) is 24.9 Å². The molecular formula is C29H32N2O3S. The maximum absolute atomic E-state index is 13.5. The van der Waals surface area contributed by atoms with E-state index in [0.29, 0.717) is 25.3 Å². The van der Waals surface area contributed by atoms with Crippen LogP contribution in [0.5, 0.6) is 5.75 Å². The zero-order valence-corrected chi connectivity index (χ0v) is 21.6. The number of aromatic nitrogens is 1. The van der Waals surface area contributed by atoms with Gasteiger partial charge in [-0.25, -0.2) is 0 Å². The fourth-order valence-electron chi connectivity index (χ4n) is 3.99. The number of benzene rings is 1. The van der Waals surface area contributed by atoms with Crippen molar-refractivity contribution in [3.8, 4) is 5.75 Å². The summed E-state index contributed by atoms with van der Waals surface area (Å²) in [5.41, 5.74) is 4.45. The van der Waals surface area contributed by atoms with Crippen molar-refractivity contribution in [3.05, 3.63) is 105 Å². The Morgan fingerprint density at radius 3 is 2.63 bits per heavy atom. The third-order valence-electron chi connectivity index (χ3n) is 6.52. The number of rotatable bonds is 10. The van der Waals surface area contributed by atoms with Gasteiger partial charge in [0.05, 0.1) is 7.11 Å². The van der Waals surface area contributed by atoms with Crippen LogP contribution in [0.2, 0.25) is 0 Å². The van der Waals surface area contributed by atoms with E-state index in [-0.39, 0.29) is 11.3 Å². The van der Waals surface area contributed by atoms with Gasteiger partial charge in [-0.2, -0.15) is 11.3 Å². The number of pyridine rings is 1. The largest absolute Gasteiger partial charge is 0.496 e. The Morgan fingerprint density at radius 2 is 1.94 bits per heavy atom. The van der Waals surface area contributed by atoms with Gasteiger partial charge in [0.15, 0.2) is 5.76 Å². The quantitative estimate of drug-likeness (QED) is 0.245. The van der Waals surface area contributed by atoms with Crippen molar-refractivity contribution in [2.45, 2.75) is 52.1 Å². The molecule has 0 aliphatic carbocycles. The second-order valence-corrected chi connectivity index (χ2v) is 10.1. The van der Waals surface area contributed by atoms with Gasteiger partial charge in [-0.3, -0.25) is 9.78 Å². The van der Waals surface area contributed by atoms with Crippen LogP contribution < -0.4 is 4.74 Å². The molecule has 0 spiro atoms. The van der Waals surface area contributed by atoms with Gasteiger partial charge in [0.2, 0.25) is 0 Å². The van der Waals surface area contributed by atoms with Crippen LogP contribution in [0.15, 0.2) is 76.1 Å². The molecule has 0 saturated carbocycles. The first-order valence-corrected chi connectivity index (χ1v) is 12.8. The zero-order valence-electron chi connectivity index (χ0n) is 20.8. The predicted octanol–water partition coefficient (Wildman–Crippen LogP) is 6.87. The summed E-state index contributed by atoms with van der Waals surface area (Å²) in [5.74, 6) is 1.75. The van der Waals surface area contributed by atoms with Gasteiger partial charge in [-0.05, 0) is 69.6 Å². The lowest BCUT2D eigenvalue weighted by atomic mass is 9.81. The van der Waals surface area contributed by atoms with Crippen molar-refractivity contribution in [1.29, 1.82) is 0 Å². The number of thiophene rings is 1. The van der Waals surface area contributed by atoms with Crippen LogP contribution in [-0.4, -0.2) is 22.9 Å². The molecule has 1 amide bonds. The van der Waals surface area contributed by atoms with Crippen LogP contribution in [0.3, 0.4) is 0 Å². The van der Waals surface area contributed by atoms with Crippen LogP contribution in [0, 0.1) is 0 Å². The minimum absolute atomic E-state index is 0.0692. The highest BCUT2D eigenvalue weighted by atomic mass is 32.1. The second kappa shape index (κ2) is 10.9. The maximum Gasteiger partial charge on any atom is 0.290 e. The molecule has 0 fully saturated rings. The van der Waals surface area contributed by atoms with E-state index in [0.717, 1.165) is 34.6 Å². The molecule has 0 radical (unpaired) electrons. The molecule has 0 aliphatic heterocycles. The molecule has 182 valence electrons. The molecule has 0 aliphatic rings. The number of carbonyl (C=O) groups is 1. The van der Waals surface area contributed by atoms with E-state index >= 15 is 0 Å². The molecule has 3 heterocycles. The molecule has 35 heavy (non-hydrogen) atoms. The van der Waals surface area contributed by atoms with Crippen molar-refractivity contribution in [3.63, 3.8) is 0 Å². The summed E-state index contributed by atoms with van der Waals surface area (Å²) in [6.07, 6.45) is 5.11. The maximum atomic E-state index is 13.5. The predicted molar refractivity (Wildman–Crippen MR) is 140 cm³/mol. The molecule has 5 nitrogen and oxygen atoms in total. The molecule has 0 saturated heterocycles. The Bertz CT molecular complexity index is 1250. The monoisotopic (exact) mass is 488 g/mol. The fourth-order valence-corrected chi connectivity index (χ4v) is 4.65. The number of nitrogens with zero attached hydrogens (tertiary/aromatic N) is 2. The van der Waals surface area contributed by atoms with E-state index < -0.39 is 0 Å². The number of ether oxygens (including phenoxy) is 1. The van der Waals surface area contributed by atoms with Gasteiger partial charge >= 0.3 is 0 Å². The van der Waals surface area contributed by atoms with E-state index in [1.165, 1.54) is 5.56 Å². The lowest BCUT2D eigenvalue weighted by molar-refractivity contribution is 0.0696. The molecule has 0 unspecified atom stereocenters. The Morgan fingerprint density at radius 1 is 1.11 bits per heavy atom. The van der Waals surface area contributed by atoms with Crippen LogP contribution in [0.1, 0.15) is 65.8 Å². The third-order valence-corrected chi connectivity index (χ3v) is 7.25. The lowest BCUT2D eigenvalue weighted by Gasteiger charge is -2.24. The first-order chi connectivity index (χ1) is 16.9. The minimum atomic E-state index is -0.140. The number of carbonyl (C=O) groups excluding carboxylic acids is 1. The number of hydrogen-bond acceptors (Lipinski definition) is 5. The van der Waals surface area contributed by atoms with E-state index in [1.54, 1.807) is 41.8 Å². The highest BCUT2D eigenvalue weighted by Crippen LogP contribution is 2.32. The highest BCUT2D eigenvalue weighted by molar-refractivity contribution is 7.07. The molecule has 1 aromatic carbocycles. The summed E-state index contributed by atoms with van der Waals surface area (Å²) in [6, 6.07) is 15.9. The van der Waals surface area contributed by atoms with Crippen molar-refractivity contribution in [2.24, 2.45) is 0 Å². The number of methoxy groups -OCH3 is 1. The molecular weight excluding hydrogens is 456 g/mol. The lowest BCUT2D eigenvalue weighted by Crippen LogP contribution is -2.29. The Hall–Kier alpha value is -3.38. The Labute approximate surface area is 211 Å². The van der Waals surface area contributed by atoms with E-state index in [2.05, 4.69) is 43.3 Å². The molecule has 0 atom stereocenters. The van der Waals surface area contributed by atoms with E-state index in [4.69, 9.17) is 9.15 Å². The average Bonchev–Trinajstić information content (AvgIpc) is 3.56. The SMILES string of the molecule is CCC(C)(C)c1ccc(OC)c(Cc2ccc(C(=O)N(Cc3cccnc3)Cc3ccsc3)o2)c1. The van der Waals surface area contributed by atoms with Crippen LogP contribution in [0.4, 0.5) is 0 Å².